The summed E-state index contributed by atoms with van der Waals surface area (Å²) in [5, 5.41) is 0.511. The van der Waals surface area contributed by atoms with Crippen LogP contribution >= 0.6 is 11.6 Å². The second-order valence-corrected chi connectivity index (χ2v) is 6.67. The molecular formula is C14H14ClNO2S. The lowest BCUT2D eigenvalue weighted by molar-refractivity contribution is 0.594. The van der Waals surface area contributed by atoms with Crippen LogP contribution in [-0.4, -0.2) is 15.5 Å². The number of nitrogens with zero attached hydrogens (tertiary/aromatic N) is 1. The first kappa shape index (κ1) is 13.9. The monoisotopic (exact) mass is 295 g/mol. The smallest absolute Gasteiger partial charge is 0.264 e. The van der Waals surface area contributed by atoms with Gasteiger partial charge < -0.3 is 0 Å². The zero-order valence-electron chi connectivity index (χ0n) is 10.7. The quantitative estimate of drug-likeness (QED) is 0.869. The molecule has 3 nitrogen and oxygen atoms in total. The summed E-state index contributed by atoms with van der Waals surface area (Å²) in [5.41, 5.74) is 1.64. The van der Waals surface area contributed by atoms with E-state index in [1.54, 1.807) is 25.2 Å². The Hall–Kier alpha value is -1.52. The summed E-state index contributed by atoms with van der Waals surface area (Å²) in [6.45, 7) is 1.92. The molecule has 0 amide bonds. The molecule has 5 heteroatoms. The standard InChI is InChI=1S/C14H14ClNO2S/c1-11-4-3-5-13(10-11)16(2)19(17,18)14-8-6-12(15)7-9-14/h3-10H,1-2H3. The van der Waals surface area contributed by atoms with E-state index in [0.29, 0.717) is 10.7 Å². The Kier molecular flexibility index (Phi) is 3.83. The maximum Gasteiger partial charge on any atom is 0.264 e. The minimum absolute atomic E-state index is 0.223. The van der Waals surface area contributed by atoms with Crippen molar-refractivity contribution >= 4 is 27.3 Å². The third-order valence-corrected chi connectivity index (χ3v) is 4.89. The van der Waals surface area contributed by atoms with Crippen LogP contribution in [0.4, 0.5) is 5.69 Å². The van der Waals surface area contributed by atoms with Crippen molar-refractivity contribution in [3.63, 3.8) is 0 Å². The topological polar surface area (TPSA) is 37.4 Å². The van der Waals surface area contributed by atoms with Gasteiger partial charge in [0.1, 0.15) is 0 Å². The van der Waals surface area contributed by atoms with Crippen molar-refractivity contribution in [1.82, 2.24) is 0 Å². The predicted molar refractivity (Wildman–Crippen MR) is 78.2 cm³/mol. The fraction of sp³-hybridized carbons (Fsp3) is 0.143. The normalized spacial score (nSPS) is 11.3. The number of sulfonamides is 1. The van der Waals surface area contributed by atoms with Gasteiger partial charge in [0.25, 0.3) is 10.0 Å². The molecule has 2 rings (SSSR count). The molecule has 100 valence electrons. The molecule has 0 aliphatic heterocycles. The Morgan fingerprint density at radius 2 is 1.68 bits per heavy atom. The SMILES string of the molecule is Cc1cccc(N(C)S(=O)(=O)c2ccc(Cl)cc2)c1. The highest BCUT2D eigenvalue weighted by Crippen LogP contribution is 2.23. The summed E-state index contributed by atoms with van der Waals surface area (Å²) < 4.78 is 26.1. The van der Waals surface area contributed by atoms with Crippen molar-refractivity contribution < 1.29 is 8.42 Å². The van der Waals surface area contributed by atoms with Crippen molar-refractivity contribution in [2.24, 2.45) is 0 Å². The van der Waals surface area contributed by atoms with Gasteiger partial charge in [0, 0.05) is 12.1 Å². The Labute approximate surface area is 118 Å². The van der Waals surface area contributed by atoms with Crippen LogP contribution in [0, 0.1) is 6.92 Å². The highest BCUT2D eigenvalue weighted by Gasteiger charge is 2.20. The van der Waals surface area contributed by atoms with Crippen LogP contribution in [0.5, 0.6) is 0 Å². The first-order chi connectivity index (χ1) is 8.91. The molecule has 0 bridgehead atoms. The lowest BCUT2D eigenvalue weighted by Gasteiger charge is -2.19. The van der Waals surface area contributed by atoms with Crippen molar-refractivity contribution in [3.8, 4) is 0 Å². The van der Waals surface area contributed by atoms with Crippen molar-refractivity contribution in [2.45, 2.75) is 11.8 Å². The summed E-state index contributed by atoms with van der Waals surface area (Å²) in [7, 11) is -2.01. The van der Waals surface area contributed by atoms with Gasteiger partial charge in [0.2, 0.25) is 0 Å². The molecule has 0 fully saturated rings. The summed E-state index contributed by atoms with van der Waals surface area (Å²) in [6.07, 6.45) is 0. The van der Waals surface area contributed by atoms with Crippen molar-refractivity contribution in [2.75, 3.05) is 11.4 Å². The molecule has 0 N–H and O–H groups in total. The molecule has 19 heavy (non-hydrogen) atoms. The van der Waals surface area contributed by atoms with Crippen molar-refractivity contribution in [3.05, 3.63) is 59.1 Å². The van der Waals surface area contributed by atoms with Crippen LogP contribution in [0.3, 0.4) is 0 Å². The maximum absolute atomic E-state index is 12.4. The van der Waals surface area contributed by atoms with Crippen LogP contribution in [0.25, 0.3) is 0 Å². The average molecular weight is 296 g/mol. The third-order valence-electron chi connectivity index (χ3n) is 2.84. The highest BCUT2D eigenvalue weighted by atomic mass is 35.5. The number of hydrogen-bond acceptors (Lipinski definition) is 2. The lowest BCUT2D eigenvalue weighted by Crippen LogP contribution is -2.26. The third kappa shape index (κ3) is 2.91. The minimum atomic E-state index is -3.55. The Balaban J connectivity index is 2.42. The zero-order chi connectivity index (χ0) is 14.0. The molecule has 0 radical (unpaired) electrons. The predicted octanol–water partition coefficient (Wildman–Crippen LogP) is 3.47. The molecule has 0 unspecified atom stereocenters. The van der Waals surface area contributed by atoms with Crippen LogP contribution < -0.4 is 4.31 Å². The van der Waals surface area contributed by atoms with E-state index in [2.05, 4.69) is 0 Å². The number of aryl methyl sites for hydroxylation is 1. The molecule has 0 spiro atoms. The molecule has 0 atom stereocenters. The van der Waals surface area contributed by atoms with Gasteiger partial charge in [-0.1, -0.05) is 23.7 Å². The first-order valence-electron chi connectivity index (χ1n) is 5.72. The molecule has 0 aromatic heterocycles. The van der Waals surface area contributed by atoms with Gasteiger partial charge in [-0.25, -0.2) is 8.42 Å². The summed E-state index contributed by atoms with van der Waals surface area (Å²) in [5.74, 6) is 0. The molecule has 2 aromatic carbocycles. The van der Waals surface area contributed by atoms with Gasteiger partial charge in [-0.05, 0) is 48.9 Å². The van der Waals surface area contributed by atoms with Gasteiger partial charge in [-0.3, -0.25) is 4.31 Å². The van der Waals surface area contributed by atoms with Crippen molar-refractivity contribution in [1.29, 1.82) is 0 Å². The van der Waals surface area contributed by atoms with Gasteiger partial charge in [-0.15, -0.1) is 0 Å². The number of halogens is 1. The van der Waals surface area contributed by atoms with E-state index < -0.39 is 10.0 Å². The van der Waals surface area contributed by atoms with E-state index in [1.807, 2.05) is 25.1 Å². The maximum atomic E-state index is 12.4. The fourth-order valence-corrected chi connectivity index (χ4v) is 3.04. The first-order valence-corrected chi connectivity index (χ1v) is 7.54. The van der Waals surface area contributed by atoms with E-state index in [-0.39, 0.29) is 4.90 Å². The highest BCUT2D eigenvalue weighted by molar-refractivity contribution is 7.92. The Morgan fingerprint density at radius 1 is 1.05 bits per heavy atom. The molecule has 0 saturated heterocycles. The van der Waals surface area contributed by atoms with Gasteiger partial charge in [0.15, 0.2) is 0 Å². The van der Waals surface area contributed by atoms with Gasteiger partial charge in [-0.2, -0.15) is 0 Å². The molecule has 0 saturated carbocycles. The molecule has 2 aromatic rings. The number of rotatable bonds is 3. The Bertz CT molecular complexity index is 681. The summed E-state index contributed by atoms with van der Waals surface area (Å²) in [6, 6.07) is 13.5. The molecule has 0 aliphatic rings. The van der Waals surface area contributed by atoms with Gasteiger partial charge >= 0.3 is 0 Å². The van der Waals surface area contributed by atoms with Crippen LogP contribution in [-0.2, 0) is 10.0 Å². The van der Waals surface area contributed by atoms with E-state index in [9.17, 15) is 8.42 Å². The zero-order valence-corrected chi connectivity index (χ0v) is 12.2. The summed E-state index contributed by atoms with van der Waals surface area (Å²) >= 11 is 5.77. The minimum Gasteiger partial charge on any atom is -0.269 e. The van der Waals surface area contributed by atoms with Crippen LogP contribution in [0.1, 0.15) is 5.56 Å². The molecule has 0 aliphatic carbocycles. The largest absolute Gasteiger partial charge is 0.269 e. The summed E-state index contributed by atoms with van der Waals surface area (Å²) in [4.78, 5) is 0.223. The van der Waals surface area contributed by atoms with E-state index in [1.165, 1.54) is 16.4 Å². The molecule has 0 heterocycles. The number of hydrogen-bond donors (Lipinski definition) is 0. The number of anilines is 1. The van der Waals surface area contributed by atoms with E-state index in [0.717, 1.165) is 5.56 Å². The number of benzene rings is 2. The second kappa shape index (κ2) is 5.23. The van der Waals surface area contributed by atoms with Crippen LogP contribution in [0.2, 0.25) is 5.02 Å². The average Bonchev–Trinajstić information content (AvgIpc) is 2.38. The second-order valence-electron chi connectivity index (χ2n) is 4.27. The van der Waals surface area contributed by atoms with Gasteiger partial charge in [0.05, 0.1) is 10.6 Å². The van der Waals surface area contributed by atoms with Crippen LogP contribution in [0.15, 0.2) is 53.4 Å². The van der Waals surface area contributed by atoms with E-state index in [4.69, 9.17) is 11.6 Å². The Morgan fingerprint density at radius 3 is 2.26 bits per heavy atom. The lowest BCUT2D eigenvalue weighted by atomic mass is 10.2. The fourth-order valence-electron chi connectivity index (χ4n) is 1.73. The molecular weight excluding hydrogens is 282 g/mol. The van der Waals surface area contributed by atoms with E-state index >= 15 is 0 Å².